The van der Waals surface area contributed by atoms with Gasteiger partial charge in [-0.2, -0.15) is 19.9 Å². The second kappa shape index (κ2) is 10.7. The number of nitrogens with zero attached hydrogens (tertiary/aromatic N) is 6. The smallest absolute Gasteiger partial charge is 0.329 e. The molecule has 14 heteroatoms. The van der Waals surface area contributed by atoms with E-state index in [1.807, 2.05) is 0 Å². The molecule has 0 aliphatic carbocycles. The molecule has 0 saturated carbocycles. The second-order valence-electron chi connectivity index (χ2n) is 6.14. The molecule has 2 heterocycles. The van der Waals surface area contributed by atoms with Gasteiger partial charge in [-0.1, -0.05) is 0 Å². The van der Waals surface area contributed by atoms with Gasteiger partial charge in [-0.25, -0.2) is 4.79 Å². The molecule has 0 spiro atoms. The van der Waals surface area contributed by atoms with Crippen LogP contribution < -0.4 is 29.0 Å². The number of nitrogens with one attached hydrogen (secondary N) is 1. The Morgan fingerprint density at radius 3 is 1.76 bits per heavy atom. The number of ether oxygens (including phenoxy) is 5. The van der Waals surface area contributed by atoms with E-state index in [1.54, 1.807) is 24.3 Å². The highest BCUT2D eigenvalue weighted by atomic mass is 16.5. The van der Waals surface area contributed by atoms with E-state index in [4.69, 9.17) is 23.7 Å². The number of carboxylic acids is 1. The highest BCUT2D eigenvalue weighted by molar-refractivity contribution is 5.76. The van der Waals surface area contributed by atoms with Crippen molar-refractivity contribution in [2.45, 2.75) is 6.04 Å². The van der Waals surface area contributed by atoms with Crippen LogP contribution >= 0.6 is 0 Å². The Hall–Kier alpha value is -4.49. The average Bonchev–Trinajstić information content (AvgIpc) is 2.85. The number of aromatic nitrogens is 6. The van der Waals surface area contributed by atoms with E-state index < -0.39 is 12.0 Å². The fraction of sp³-hybridized carbons (Fsp3) is 0.316. The molecular formula is C19H21N7O7. The summed E-state index contributed by atoms with van der Waals surface area (Å²) >= 11 is 0. The molecule has 1 atom stereocenters. The third-order valence-corrected chi connectivity index (χ3v) is 4.05. The summed E-state index contributed by atoms with van der Waals surface area (Å²) in [7, 11) is 5.60. The van der Waals surface area contributed by atoms with Crippen LogP contribution in [0.3, 0.4) is 0 Å². The Morgan fingerprint density at radius 2 is 1.30 bits per heavy atom. The molecular weight excluding hydrogens is 438 g/mol. The zero-order chi connectivity index (χ0) is 23.8. The third kappa shape index (κ3) is 6.03. The minimum atomic E-state index is -1.17. The van der Waals surface area contributed by atoms with E-state index in [1.165, 1.54) is 28.4 Å². The maximum atomic E-state index is 11.7. The number of methoxy groups -OCH3 is 4. The molecule has 0 saturated heterocycles. The Bertz CT molecular complexity index is 1050. The van der Waals surface area contributed by atoms with E-state index in [0.717, 1.165) is 0 Å². The van der Waals surface area contributed by atoms with Gasteiger partial charge in [-0.3, -0.25) is 0 Å². The van der Waals surface area contributed by atoms with Gasteiger partial charge in [0, 0.05) is 5.56 Å². The number of aliphatic carboxylic acids is 1. The predicted molar refractivity (Wildman–Crippen MR) is 112 cm³/mol. The molecule has 3 aromatic rings. The molecule has 0 bridgehead atoms. The van der Waals surface area contributed by atoms with Gasteiger partial charge in [0.05, 0.1) is 28.4 Å². The Balaban J connectivity index is 1.70. The van der Waals surface area contributed by atoms with Crippen LogP contribution in [0.5, 0.6) is 29.8 Å². The van der Waals surface area contributed by atoms with Gasteiger partial charge in [-0.15, -0.1) is 9.97 Å². The first-order valence-electron chi connectivity index (χ1n) is 9.36. The maximum absolute atomic E-state index is 11.7. The lowest BCUT2D eigenvalue weighted by molar-refractivity contribution is -0.138. The molecule has 174 valence electrons. The summed E-state index contributed by atoms with van der Waals surface area (Å²) in [5.74, 6) is -0.448. The monoisotopic (exact) mass is 459 g/mol. The van der Waals surface area contributed by atoms with E-state index >= 15 is 0 Å². The van der Waals surface area contributed by atoms with Crippen LogP contribution in [0, 0.1) is 0 Å². The molecule has 1 aromatic carbocycles. The molecule has 0 aliphatic rings. The molecule has 0 aliphatic heterocycles. The summed E-state index contributed by atoms with van der Waals surface area (Å²) < 4.78 is 25.6. The molecule has 1 unspecified atom stereocenters. The van der Waals surface area contributed by atoms with Crippen LogP contribution in [0.25, 0.3) is 11.4 Å². The van der Waals surface area contributed by atoms with Gasteiger partial charge in [0.1, 0.15) is 12.4 Å². The number of carbonyl (C=O) groups is 1. The molecule has 3 rings (SSSR count). The van der Waals surface area contributed by atoms with E-state index in [9.17, 15) is 9.90 Å². The van der Waals surface area contributed by atoms with Crippen molar-refractivity contribution >= 4 is 11.9 Å². The summed E-state index contributed by atoms with van der Waals surface area (Å²) in [5.41, 5.74) is 0.652. The van der Waals surface area contributed by atoms with Crippen molar-refractivity contribution in [3.8, 4) is 41.2 Å². The largest absolute Gasteiger partial charge is 0.491 e. The van der Waals surface area contributed by atoms with Crippen molar-refractivity contribution < 1.29 is 33.6 Å². The van der Waals surface area contributed by atoms with Gasteiger partial charge < -0.3 is 34.1 Å². The number of hydrogen-bond acceptors (Lipinski definition) is 13. The molecule has 0 amide bonds. The normalized spacial score (nSPS) is 11.3. The lowest BCUT2D eigenvalue weighted by atomic mass is 10.2. The molecule has 2 aromatic heterocycles. The summed E-state index contributed by atoms with van der Waals surface area (Å²) in [5, 5.41) is 12.2. The third-order valence-electron chi connectivity index (χ3n) is 4.05. The van der Waals surface area contributed by atoms with Crippen LogP contribution in [0.4, 0.5) is 5.95 Å². The molecule has 0 fully saturated rings. The fourth-order valence-electron chi connectivity index (χ4n) is 2.45. The topological polar surface area (TPSA) is 173 Å². The van der Waals surface area contributed by atoms with Crippen LogP contribution in [0.15, 0.2) is 24.3 Å². The van der Waals surface area contributed by atoms with Crippen molar-refractivity contribution in [2.75, 3.05) is 40.4 Å². The first-order chi connectivity index (χ1) is 15.9. The van der Waals surface area contributed by atoms with Gasteiger partial charge in [0.25, 0.3) is 0 Å². The summed E-state index contributed by atoms with van der Waals surface area (Å²) in [6.45, 7) is -0.224. The fourth-order valence-corrected chi connectivity index (χ4v) is 2.45. The lowest BCUT2D eigenvalue weighted by Crippen LogP contribution is -2.36. The average molecular weight is 459 g/mol. The van der Waals surface area contributed by atoms with E-state index in [0.29, 0.717) is 17.1 Å². The highest BCUT2D eigenvalue weighted by Gasteiger charge is 2.21. The first kappa shape index (κ1) is 23.2. The molecule has 2 N–H and O–H groups in total. The van der Waals surface area contributed by atoms with Crippen LogP contribution in [0.1, 0.15) is 0 Å². The molecule has 0 radical (unpaired) electrons. The number of hydrogen-bond donors (Lipinski definition) is 2. The van der Waals surface area contributed by atoms with Crippen LogP contribution in [0.2, 0.25) is 0 Å². The van der Waals surface area contributed by atoms with Gasteiger partial charge >= 0.3 is 30.0 Å². The zero-order valence-corrected chi connectivity index (χ0v) is 18.2. The SMILES string of the molecule is COc1nc(NC(COc2ccc(-c3nc(OC)nc(OC)n3)cc2)C(=O)O)nc(OC)n1. The van der Waals surface area contributed by atoms with Crippen molar-refractivity contribution in [3.63, 3.8) is 0 Å². The van der Waals surface area contributed by atoms with Gasteiger partial charge in [0.2, 0.25) is 5.95 Å². The minimum absolute atomic E-state index is 0.0309. The van der Waals surface area contributed by atoms with Crippen molar-refractivity contribution in [1.29, 1.82) is 0 Å². The Labute approximate surface area is 187 Å². The highest BCUT2D eigenvalue weighted by Crippen LogP contribution is 2.22. The van der Waals surface area contributed by atoms with Gasteiger partial charge in [0.15, 0.2) is 11.9 Å². The van der Waals surface area contributed by atoms with Crippen LogP contribution in [-0.4, -0.2) is 82.1 Å². The maximum Gasteiger partial charge on any atom is 0.329 e. The second-order valence-corrected chi connectivity index (χ2v) is 6.14. The standard InChI is InChI=1S/C19H21N7O7/c1-29-16-21-13(22-17(25-16)30-2)10-5-7-11(8-6-10)33-9-12(14(27)28)20-15-23-18(31-3)26-19(24-15)32-4/h5-8,12H,9H2,1-4H3,(H,27,28)(H,20,23,24,26). The number of benzene rings is 1. The number of rotatable bonds is 11. The Morgan fingerprint density at radius 1 is 0.818 bits per heavy atom. The number of carboxylic acid groups (broad SMARTS) is 1. The zero-order valence-electron chi connectivity index (χ0n) is 18.2. The van der Waals surface area contributed by atoms with Crippen molar-refractivity contribution in [3.05, 3.63) is 24.3 Å². The van der Waals surface area contributed by atoms with Crippen molar-refractivity contribution in [2.24, 2.45) is 0 Å². The lowest BCUT2D eigenvalue weighted by Gasteiger charge is -2.16. The Kier molecular flexibility index (Phi) is 7.51. The van der Waals surface area contributed by atoms with E-state index in [-0.39, 0.29) is 36.6 Å². The summed E-state index contributed by atoms with van der Waals surface area (Å²) in [6, 6.07) is 5.69. The summed E-state index contributed by atoms with van der Waals surface area (Å²) in [6.07, 6.45) is 0. The van der Waals surface area contributed by atoms with Crippen LogP contribution in [-0.2, 0) is 4.79 Å². The predicted octanol–water partition coefficient (Wildman–Crippen LogP) is 0.702. The quantitative estimate of drug-likeness (QED) is 0.410. The summed E-state index contributed by atoms with van der Waals surface area (Å²) in [4.78, 5) is 35.8. The van der Waals surface area contributed by atoms with Crippen molar-refractivity contribution in [1.82, 2.24) is 29.9 Å². The minimum Gasteiger partial charge on any atom is -0.491 e. The molecule has 14 nitrogen and oxygen atoms in total. The molecule has 33 heavy (non-hydrogen) atoms. The first-order valence-corrected chi connectivity index (χ1v) is 9.36. The number of anilines is 1. The van der Waals surface area contributed by atoms with E-state index in [2.05, 4.69) is 35.2 Å². The van der Waals surface area contributed by atoms with Gasteiger partial charge in [-0.05, 0) is 24.3 Å².